The summed E-state index contributed by atoms with van der Waals surface area (Å²) in [5.74, 6) is 0. The van der Waals surface area contributed by atoms with Gasteiger partial charge in [-0.05, 0) is 24.1 Å². The Labute approximate surface area is 85.6 Å². The third-order valence-electron chi connectivity index (χ3n) is 2.02. The molecule has 0 aliphatic carbocycles. The summed E-state index contributed by atoms with van der Waals surface area (Å²) in [5.41, 5.74) is 0.300. The van der Waals surface area contributed by atoms with Gasteiger partial charge in [0.2, 0.25) is 8.03 Å². The Morgan fingerprint density at radius 2 is 2.00 bits per heavy atom. The fourth-order valence-electron chi connectivity index (χ4n) is 1.34. The van der Waals surface area contributed by atoms with Crippen molar-refractivity contribution in [3.05, 3.63) is 29.3 Å². The van der Waals surface area contributed by atoms with Gasteiger partial charge >= 0.3 is 6.18 Å². The summed E-state index contributed by atoms with van der Waals surface area (Å²) in [6.45, 7) is 1.50. The van der Waals surface area contributed by atoms with E-state index in [9.17, 15) is 17.7 Å². The first-order valence-electron chi connectivity index (χ1n) is 4.20. The molecule has 0 aromatic heterocycles. The molecule has 1 aromatic rings. The molecule has 0 aliphatic heterocycles. The van der Waals surface area contributed by atoms with Crippen LogP contribution in [0.5, 0.6) is 0 Å². The van der Waals surface area contributed by atoms with Crippen molar-refractivity contribution in [3.63, 3.8) is 0 Å². The van der Waals surface area contributed by atoms with Crippen LogP contribution in [0.25, 0.3) is 0 Å². The van der Waals surface area contributed by atoms with Crippen LogP contribution < -0.4 is 5.30 Å². The summed E-state index contributed by atoms with van der Waals surface area (Å²) in [4.78, 5) is 8.90. The van der Waals surface area contributed by atoms with Gasteiger partial charge in [-0.3, -0.25) is 4.57 Å². The zero-order chi connectivity index (χ0) is 11.6. The second kappa shape index (κ2) is 4.37. The molecule has 1 N–H and O–H groups in total. The molecule has 15 heavy (non-hydrogen) atoms. The van der Waals surface area contributed by atoms with Crippen molar-refractivity contribution in [3.8, 4) is 0 Å². The van der Waals surface area contributed by atoms with Crippen molar-refractivity contribution in [2.24, 2.45) is 0 Å². The van der Waals surface area contributed by atoms with Crippen LogP contribution in [0.3, 0.4) is 0 Å². The van der Waals surface area contributed by atoms with Gasteiger partial charge in [0.15, 0.2) is 0 Å². The zero-order valence-corrected chi connectivity index (χ0v) is 8.93. The maximum Gasteiger partial charge on any atom is 0.393 e. The second-order valence-electron chi connectivity index (χ2n) is 3.20. The molecule has 84 valence electrons. The molecular formula is C9H10F3O2P. The van der Waals surface area contributed by atoms with Gasteiger partial charge in [-0.25, -0.2) is 0 Å². The summed E-state index contributed by atoms with van der Waals surface area (Å²) in [6.07, 6.45) is -5.52. The minimum atomic E-state index is -4.36. The third kappa shape index (κ3) is 3.36. The lowest BCUT2D eigenvalue weighted by molar-refractivity contribution is -0.127. The highest BCUT2D eigenvalue weighted by Gasteiger charge is 2.30. The van der Waals surface area contributed by atoms with Crippen molar-refractivity contribution >= 4 is 13.3 Å². The number of halogens is 3. The van der Waals surface area contributed by atoms with Crippen molar-refractivity contribution < 1.29 is 22.6 Å². The van der Waals surface area contributed by atoms with E-state index in [-0.39, 0.29) is 10.9 Å². The molecule has 0 fully saturated rings. The van der Waals surface area contributed by atoms with Crippen LogP contribution in [-0.4, -0.2) is 11.1 Å². The molecule has 6 heteroatoms. The van der Waals surface area contributed by atoms with Crippen LogP contribution in [0.4, 0.5) is 13.2 Å². The summed E-state index contributed by atoms with van der Waals surface area (Å²) in [6, 6.07) is 4.23. The standard InChI is InChI=1S/C9H10F3O2P/c1-6-3-2-4-8(15(13)14)7(6)5-9(10,11)12/h2-4,15H,5H2,1H3,(H,13,14). The van der Waals surface area contributed by atoms with Gasteiger partial charge in [0.1, 0.15) is 0 Å². The van der Waals surface area contributed by atoms with E-state index in [4.69, 9.17) is 4.89 Å². The molecule has 1 atom stereocenters. The van der Waals surface area contributed by atoms with Gasteiger partial charge in [-0.1, -0.05) is 12.1 Å². The number of aryl methyl sites for hydroxylation is 1. The summed E-state index contributed by atoms with van der Waals surface area (Å²) in [5, 5.41) is -0.0997. The highest BCUT2D eigenvalue weighted by molar-refractivity contribution is 7.47. The van der Waals surface area contributed by atoms with Crippen molar-refractivity contribution in [1.82, 2.24) is 0 Å². The molecular weight excluding hydrogens is 228 g/mol. The minimum absolute atomic E-state index is 0.0867. The van der Waals surface area contributed by atoms with Crippen molar-refractivity contribution in [2.75, 3.05) is 0 Å². The normalized spacial score (nSPS) is 13.9. The number of hydrogen-bond donors (Lipinski definition) is 1. The second-order valence-corrected chi connectivity index (χ2v) is 4.35. The number of hydrogen-bond acceptors (Lipinski definition) is 1. The molecule has 0 bridgehead atoms. The first kappa shape index (κ1) is 12.3. The van der Waals surface area contributed by atoms with E-state index < -0.39 is 20.6 Å². The van der Waals surface area contributed by atoms with Crippen LogP contribution in [-0.2, 0) is 11.0 Å². The molecule has 1 rings (SSSR count). The summed E-state index contributed by atoms with van der Waals surface area (Å²) < 4.78 is 47.5. The molecule has 2 nitrogen and oxygen atoms in total. The Bertz CT molecular complexity index is 387. The molecule has 0 spiro atoms. The molecule has 0 heterocycles. The average Bonchev–Trinajstić information content (AvgIpc) is 2.05. The molecule has 1 unspecified atom stereocenters. The quantitative estimate of drug-likeness (QED) is 0.802. The zero-order valence-electron chi connectivity index (χ0n) is 7.93. The van der Waals surface area contributed by atoms with Crippen LogP contribution in [0.2, 0.25) is 0 Å². The van der Waals surface area contributed by atoms with E-state index in [0.717, 1.165) is 0 Å². The van der Waals surface area contributed by atoms with E-state index in [0.29, 0.717) is 5.56 Å². The van der Waals surface area contributed by atoms with Crippen LogP contribution >= 0.6 is 8.03 Å². The van der Waals surface area contributed by atoms with Crippen LogP contribution in [0, 0.1) is 6.92 Å². The summed E-state index contributed by atoms with van der Waals surface area (Å²) >= 11 is 0. The average molecular weight is 238 g/mol. The third-order valence-corrected chi connectivity index (χ3v) is 2.95. The fourth-order valence-corrected chi connectivity index (χ4v) is 2.12. The smallest absolute Gasteiger partial charge is 0.343 e. The highest BCUT2D eigenvalue weighted by Crippen LogP contribution is 2.26. The topological polar surface area (TPSA) is 37.3 Å². The van der Waals surface area contributed by atoms with Gasteiger partial charge < -0.3 is 4.89 Å². The Kier molecular flexibility index (Phi) is 3.58. The Morgan fingerprint density at radius 3 is 2.47 bits per heavy atom. The molecule has 1 aromatic carbocycles. The first-order valence-corrected chi connectivity index (χ1v) is 5.55. The van der Waals surface area contributed by atoms with Crippen molar-refractivity contribution in [1.29, 1.82) is 0 Å². The van der Waals surface area contributed by atoms with E-state index >= 15 is 0 Å². The predicted octanol–water partition coefficient (Wildman–Crippen LogP) is 2.19. The van der Waals surface area contributed by atoms with Crippen molar-refractivity contribution in [2.45, 2.75) is 19.5 Å². The minimum Gasteiger partial charge on any atom is -0.343 e. The highest BCUT2D eigenvalue weighted by atomic mass is 31.1. The number of alkyl halides is 3. The van der Waals surface area contributed by atoms with Gasteiger partial charge in [0, 0.05) is 5.30 Å². The Hall–Kier alpha value is -0.800. The lowest BCUT2D eigenvalue weighted by Gasteiger charge is -2.12. The van der Waals surface area contributed by atoms with Crippen LogP contribution in [0.1, 0.15) is 11.1 Å². The maximum absolute atomic E-state index is 12.2. The Morgan fingerprint density at radius 1 is 1.40 bits per heavy atom. The molecule has 0 radical (unpaired) electrons. The van der Waals surface area contributed by atoms with Gasteiger partial charge in [0.25, 0.3) is 0 Å². The van der Waals surface area contributed by atoms with Gasteiger partial charge in [-0.2, -0.15) is 13.2 Å². The first-order chi connectivity index (χ1) is 6.81. The number of rotatable bonds is 2. The van der Waals surface area contributed by atoms with Gasteiger partial charge in [0.05, 0.1) is 6.42 Å². The Balaban J connectivity index is 3.19. The molecule has 0 amide bonds. The summed E-state index contributed by atoms with van der Waals surface area (Å²) in [7, 11) is -3.09. The van der Waals surface area contributed by atoms with Gasteiger partial charge in [-0.15, -0.1) is 0 Å². The molecule has 0 saturated heterocycles. The largest absolute Gasteiger partial charge is 0.393 e. The van der Waals surface area contributed by atoms with E-state index in [1.54, 1.807) is 0 Å². The predicted molar refractivity (Wildman–Crippen MR) is 51.8 cm³/mol. The lowest BCUT2D eigenvalue weighted by Crippen LogP contribution is -2.18. The van der Waals surface area contributed by atoms with Crippen LogP contribution in [0.15, 0.2) is 18.2 Å². The lowest BCUT2D eigenvalue weighted by atomic mass is 10.1. The van der Waals surface area contributed by atoms with E-state index in [2.05, 4.69) is 0 Å². The molecule has 0 aliphatic rings. The maximum atomic E-state index is 12.2. The SMILES string of the molecule is Cc1cccc([PH](=O)O)c1CC(F)(F)F. The van der Waals surface area contributed by atoms with E-state index in [1.165, 1.54) is 25.1 Å². The van der Waals surface area contributed by atoms with E-state index in [1.807, 2.05) is 0 Å². The monoisotopic (exact) mass is 238 g/mol. The fraction of sp³-hybridized carbons (Fsp3) is 0.333. The molecule has 0 saturated carbocycles. The number of benzene rings is 1.